The number of carbonyl (C=O) groups excluding carboxylic acids is 1. The number of rotatable bonds is 4. The number of hydrogen-bond acceptors (Lipinski definition) is 5. The van der Waals surface area contributed by atoms with Crippen molar-refractivity contribution in [2.24, 2.45) is 0 Å². The van der Waals surface area contributed by atoms with Gasteiger partial charge in [0.2, 0.25) is 0 Å². The highest BCUT2D eigenvalue weighted by atomic mass is 35.5. The van der Waals surface area contributed by atoms with Crippen molar-refractivity contribution in [3.8, 4) is 0 Å². The fraction of sp³-hybridized carbons (Fsp3) is 0.269. The van der Waals surface area contributed by atoms with Crippen molar-refractivity contribution in [3.05, 3.63) is 92.8 Å². The molecule has 2 aromatic carbocycles. The molecule has 1 N–H and O–H groups in total. The summed E-state index contributed by atoms with van der Waals surface area (Å²) in [6, 6.07) is 17.4. The summed E-state index contributed by atoms with van der Waals surface area (Å²) < 4.78 is 1.46. The van der Waals surface area contributed by atoms with Crippen molar-refractivity contribution in [2.45, 2.75) is 31.2 Å². The van der Waals surface area contributed by atoms with Crippen LogP contribution in [0, 0.1) is 0 Å². The van der Waals surface area contributed by atoms with E-state index >= 15 is 0 Å². The number of nitrogens with zero attached hydrogens (tertiary/aromatic N) is 2. The SMILES string of the molecule is O=C1C(c2ccccc2Cl)=C(O)CC(c2ccc(N3CCCCC3)cc2)(c2ccsc2)N1S. The molecule has 33 heavy (non-hydrogen) atoms. The minimum Gasteiger partial charge on any atom is -0.511 e. The number of thiophene rings is 1. The molecule has 3 aromatic rings. The van der Waals surface area contributed by atoms with Crippen LogP contribution in [0.25, 0.3) is 5.57 Å². The summed E-state index contributed by atoms with van der Waals surface area (Å²) >= 11 is 12.7. The van der Waals surface area contributed by atoms with Gasteiger partial charge < -0.3 is 10.0 Å². The van der Waals surface area contributed by atoms with Gasteiger partial charge in [0.25, 0.3) is 5.91 Å². The molecule has 0 bridgehead atoms. The first kappa shape index (κ1) is 22.4. The average Bonchev–Trinajstić information content (AvgIpc) is 3.39. The number of hydrogen-bond donors (Lipinski definition) is 2. The van der Waals surface area contributed by atoms with Gasteiger partial charge in [0.15, 0.2) is 0 Å². The molecule has 1 amide bonds. The molecule has 1 aromatic heterocycles. The second-order valence-corrected chi connectivity index (χ2v) is 10.1. The van der Waals surface area contributed by atoms with Crippen LogP contribution in [0.2, 0.25) is 5.02 Å². The van der Waals surface area contributed by atoms with Crippen LogP contribution in [0.4, 0.5) is 5.69 Å². The topological polar surface area (TPSA) is 43.8 Å². The van der Waals surface area contributed by atoms with Crippen LogP contribution in [0.1, 0.15) is 42.4 Å². The smallest absolute Gasteiger partial charge is 0.268 e. The van der Waals surface area contributed by atoms with Crippen molar-refractivity contribution in [2.75, 3.05) is 18.0 Å². The molecule has 1 atom stereocenters. The molecule has 0 spiro atoms. The number of piperidine rings is 1. The molecular weight excluding hydrogens is 472 g/mol. The molecule has 0 aliphatic carbocycles. The monoisotopic (exact) mass is 496 g/mol. The van der Waals surface area contributed by atoms with Crippen LogP contribution in [-0.2, 0) is 10.3 Å². The Labute approximate surface area is 208 Å². The maximum Gasteiger partial charge on any atom is 0.268 e. The van der Waals surface area contributed by atoms with Crippen LogP contribution < -0.4 is 4.90 Å². The van der Waals surface area contributed by atoms with E-state index in [1.165, 1.54) is 29.3 Å². The number of aliphatic hydroxyl groups is 1. The number of anilines is 1. The second-order valence-electron chi connectivity index (χ2n) is 8.56. The summed E-state index contributed by atoms with van der Waals surface area (Å²) in [4.78, 5) is 16.1. The molecule has 5 rings (SSSR count). The van der Waals surface area contributed by atoms with Crippen LogP contribution in [0.15, 0.2) is 71.1 Å². The van der Waals surface area contributed by atoms with E-state index in [0.29, 0.717) is 10.6 Å². The van der Waals surface area contributed by atoms with E-state index in [0.717, 1.165) is 24.2 Å². The van der Waals surface area contributed by atoms with E-state index in [9.17, 15) is 9.90 Å². The molecule has 0 saturated carbocycles. The molecule has 7 heteroatoms. The second kappa shape index (κ2) is 9.09. The highest BCUT2D eigenvalue weighted by Crippen LogP contribution is 2.49. The molecule has 2 aliphatic heterocycles. The van der Waals surface area contributed by atoms with Crippen molar-refractivity contribution in [1.29, 1.82) is 0 Å². The van der Waals surface area contributed by atoms with E-state index in [1.54, 1.807) is 35.6 Å². The lowest BCUT2D eigenvalue weighted by atomic mass is 9.77. The summed E-state index contributed by atoms with van der Waals surface area (Å²) in [5.41, 5.74) is 2.81. The van der Waals surface area contributed by atoms with E-state index in [-0.39, 0.29) is 23.7 Å². The van der Waals surface area contributed by atoms with Crippen LogP contribution in [0.5, 0.6) is 0 Å². The summed E-state index contributed by atoms with van der Waals surface area (Å²) in [6.45, 7) is 2.13. The Hall–Kier alpha value is -2.41. The minimum absolute atomic E-state index is 0.0182. The number of amides is 1. The van der Waals surface area contributed by atoms with Gasteiger partial charge in [-0.3, -0.25) is 9.10 Å². The third kappa shape index (κ3) is 3.84. The predicted octanol–water partition coefficient (Wildman–Crippen LogP) is 6.68. The predicted molar refractivity (Wildman–Crippen MR) is 139 cm³/mol. The van der Waals surface area contributed by atoms with Gasteiger partial charge >= 0.3 is 0 Å². The Morgan fingerprint density at radius 2 is 1.70 bits per heavy atom. The Balaban J connectivity index is 1.61. The Morgan fingerprint density at radius 1 is 0.970 bits per heavy atom. The quantitative estimate of drug-likeness (QED) is 0.396. The van der Waals surface area contributed by atoms with Gasteiger partial charge in [-0.05, 0) is 65.4 Å². The van der Waals surface area contributed by atoms with Gasteiger partial charge in [-0.15, -0.1) is 0 Å². The molecule has 4 nitrogen and oxygen atoms in total. The lowest BCUT2D eigenvalue weighted by Gasteiger charge is -2.44. The first-order valence-corrected chi connectivity index (χ1v) is 12.8. The van der Waals surface area contributed by atoms with Gasteiger partial charge in [0, 0.05) is 35.8 Å². The van der Waals surface area contributed by atoms with Crippen molar-refractivity contribution >= 4 is 52.9 Å². The van der Waals surface area contributed by atoms with Crippen LogP contribution >= 0.6 is 35.8 Å². The van der Waals surface area contributed by atoms with Crippen molar-refractivity contribution in [1.82, 2.24) is 4.31 Å². The molecule has 1 saturated heterocycles. The molecule has 1 unspecified atom stereocenters. The summed E-state index contributed by atoms with van der Waals surface area (Å²) in [5, 5.41) is 15.6. The van der Waals surface area contributed by atoms with Gasteiger partial charge in [-0.1, -0.05) is 54.7 Å². The van der Waals surface area contributed by atoms with Crippen molar-refractivity contribution in [3.63, 3.8) is 0 Å². The molecule has 1 fully saturated rings. The first-order chi connectivity index (χ1) is 16.0. The van der Waals surface area contributed by atoms with E-state index < -0.39 is 5.54 Å². The normalized spacial score (nSPS) is 21.6. The maximum atomic E-state index is 13.7. The summed E-state index contributed by atoms with van der Waals surface area (Å²) in [7, 11) is 0. The van der Waals surface area contributed by atoms with E-state index in [4.69, 9.17) is 24.4 Å². The minimum atomic E-state index is -0.921. The third-order valence-corrected chi connectivity index (χ3v) is 8.22. The van der Waals surface area contributed by atoms with Crippen molar-refractivity contribution < 1.29 is 9.90 Å². The van der Waals surface area contributed by atoms with Gasteiger partial charge in [0.1, 0.15) is 11.3 Å². The number of benzene rings is 2. The van der Waals surface area contributed by atoms with Crippen LogP contribution in [-0.4, -0.2) is 28.4 Å². The number of aliphatic hydroxyl groups excluding tert-OH is 1. The largest absolute Gasteiger partial charge is 0.511 e. The standard InChI is InChI=1S/C26H25ClN2O2S2/c27-22-7-3-2-6-21(22)24-23(30)16-26(29(32)25(24)31,19-12-15-33-17-19)18-8-10-20(11-9-18)28-13-4-1-5-14-28/h2-3,6-12,15,17,30,32H,1,4-5,13-14,16H2. The fourth-order valence-electron chi connectivity index (χ4n) is 4.96. The molecule has 2 aliphatic rings. The summed E-state index contributed by atoms with van der Waals surface area (Å²) in [6.07, 6.45) is 3.92. The van der Waals surface area contributed by atoms with E-state index in [1.807, 2.05) is 16.8 Å². The molecular formula is C26H25ClN2O2S2. The molecule has 0 radical (unpaired) electrons. The lowest BCUT2D eigenvalue weighted by Crippen LogP contribution is -2.48. The zero-order chi connectivity index (χ0) is 23.0. The van der Waals surface area contributed by atoms with Gasteiger partial charge in [0.05, 0.1) is 5.57 Å². The van der Waals surface area contributed by atoms with Gasteiger partial charge in [-0.2, -0.15) is 11.3 Å². The highest BCUT2D eigenvalue weighted by Gasteiger charge is 2.48. The van der Waals surface area contributed by atoms with E-state index in [2.05, 4.69) is 29.2 Å². The number of carbonyl (C=O) groups is 1. The van der Waals surface area contributed by atoms with Crippen LogP contribution in [0.3, 0.4) is 0 Å². The fourth-order valence-corrected chi connectivity index (χ4v) is 6.31. The van der Waals surface area contributed by atoms with Gasteiger partial charge in [-0.25, -0.2) is 0 Å². The average molecular weight is 497 g/mol. The Bertz CT molecular complexity index is 1190. The number of halogens is 1. The Kier molecular flexibility index (Phi) is 6.16. The molecule has 3 heterocycles. The summed E-state index contributed by atoms with van der Waals surface area (Å²) in [5.74, 6) is -0.355. The maximum absolute atomic E-state index is 13.7. The highest BCUT2D eigenvalue weighted by molar-refractivity contribution is 7.78. The lowest BCUT2D eigenvalue weighted by molar-refractivity contribution is -0.124. The first-order valence-electron chi connectivity index (χ1n) is 11.1. The third-order valence-electron chi connectivity index (χ3n) is 6.69. The zero-order valence-corrected chi connectivity index (χ0v) is 20.5. The zero-order valence-electron chi connectivity index (χ0n) is 18.1. The molecule has 170 valence electrons. The Morgan fingerprint density at radius 3 is 2.36 bits per heavy atom. The number of thiol groups is 1.